The predicted octanol–water partition coefficient (Wildman–Crippen LogP) is 3.05. The number of likely N-dealkylation sites (tertiary alicyclic amines) is 1. The quantitative estimate of drug-likeness (QED) is 0.692. The fraction of sp³-hybridized carbons (Fsp3) is 1.00. The number of hydrogen-bond acceptors (Lipinski definition) is 2. The van der Waals surface area contributed by atoms with Crippen molar-refractivity contribution in [1.82, 2.24) is 4.90 Å². The van der Waals surface area contributed by atoms with Crippen LogP contribution in [-0.2, 0) is 4.74 Å². The zero-order valence-corrected chi connectivity index (χ0v) is 11.6. The van der Waals surface area contributed by atoms with E-state index in [1.807, 2.05) is 0 Å². The Morgan fingerprint density at radius 1 is 1.40 bits per heavy atom. The maximum Gasteiger partial charge on any atom is 0.0599 e. The summed E-state index contributed by atoms with van der Waals surface area (Å²) < 4.78 is 5.75. The summed E-state index contributed by atoms with van der Waals surface area (Å²) in [5.41, 5.74) is 0. The largest absolute Gasteiger partial charge is 0.377 e. The van der Waals surface area contributed by atoms with Gasteiger partial charge in [-0.3, -0.25) is 0 Å². The van der Waals surface area contributed by atoms with Crippen LogP contribution >= 0.6 is 15.9 Å². The third-order valence-corrected chi connectivity index (χ3v) is 3.56. The monoisotopic (exact) mass is 277 g/mol. The number of ether oxygens (including phenoxy) is 1. The SMILES string of the molecule is CCCC(C)N1CCC(OCCBr)CC1. The zero-order valence-electron chi connectivity index (χ0n) is 10.0. The molecule has 15 heavy (non-hydrogen) atoms. The molecule has 1 saturated heterocycles. The van der Waals surface area contributed by atoms with Crippen molar-refractivity contribution in [3.05, 3.63) is 0 Å². The maximum absolute atomic E-state index is 5.75. The minimum atomic E-state index is 0.507. The van der Waals surface area contributed by atoms with Gasteiger partial charge in [-0.2, -0.15) is 0 Å². The summed E-state index contributed by atoms with van der Waals surface area (Å²) in [5, 5.41) is 0.958. The molecule has 2 nitrogen and oxygen atoms in total. The first-order valence-corrected chi connectivity index (χ1v) is 7.31. The van der Waals surface area contributed by atoms with Crippen LogP contribution in [0.1, 0.15) is 39.5 Å². The minimum Gasteiger partial charge on any atom is -0.377 e. The Kier molecular flexibility index (Phi) is 6.86. The molecule has 1 heterocycles. The van der Waals surface area contributed by atoms with E-state index in [0.717, 1.165) is 18.0 Å². The standard InChI is InChI=1S/C12H24BrNO/c1-3-4-11(2)14-8-5-12(6-9-14)15-10-7-13/h11-12H,3-10H2,1-2H3. The summed E-state index contributed by atoms with van der Waals surface area (Å²) in [6.07, 6.45) is 5.54. The molecular formula is C12H24BrNO. The lowest BCUT2D eigenvalue weighted by molar-refractivity contribution is 0.00643. The van der Waals surface area contributed by atoms with Crippen LogP contribution in [0.4, 0.5) is 0 Å². The van der Waals surface area contributed by atoms with Gasteiger partial charge in [0.2, 0.25) is 0 Å². The highest BCUT2D eigenvalue weighted by Gasteiger charge is 2.22. The van der Waals surface area contributed by atoms with Gasteiger partial charge in [0.25, 0.3) is 0 Å². The fourth-order valence-electron chi connectivity index (χ4n) is 2.29. The predicted molar refractivity (Wildman–Crippen MR) is 68.7 cm³/mol. The first-order chi connectivity index (χ1) is 7.27. The second kappa shape index (κ2) is 7.64. The summed E-state index contributed by atoms with van der Waals surface area (Å²) in [7, 11) is 0. The molecule has 0 saturated carbocycles. The number of halogens is 1. The highest BCUT2D eigenvalue weighted by molar-refractivity contribution is 9.09. The molecule has 1 atom stereocenters. The molecule has 0 radical (unpaired) electrons. The molecule has 0 N–H and O–H groups in total. The lowest BCUT2D eigenvalue weighted by Crippen LogP contribution is -2.42. The molecule has 1 unspecified atom stereocenters. The average molecular weight is 278 g/mol. The molecular weight excluding hydrogens is 254 g/mol. The van der Waals surface area contributed by atoms with Gasteiger partial charge < -0.3 is 9.64 Å². The fourth-order valence-corrected chi connectivity index (χ4v) is 2.48. The van der Waals surface area contributed by atoms with E-state index in [-0.39, 0.29) is 0 Å². The first-order valence-electron chi connectivity index (χ1n) is 6.19. The molecule has 1 fully saturated rings. The summed E-state index contributed by atoms with van der Waals surface area (Å²) in [6.45, 7) is 7.91. The van der Waals surface area contributed by atoms with Gasteiger partial charge >= 0.3 is 0 Å². The third-order valence-electron chi connectivity index (χ3n) is 3.24. The molecule has 0 aromatic carbocycles. The molecule has 1 rings (SSSR count). The van der Waals surface area contributed by atoms with Crippen molar-refractivity contribution in [2.45, 2.75) is 51.7 Å². The number of rotatable bonds is 6. The van der Waals surface area contributed by atoms with Gasteiger partial charge in [0.1, 0.15) is 0 Å². The highest BCUT2D eigenvalue weighted by Crippen LogP contribution is 2.17. The maximum atomic E-state index is 5.75. The highest BCUT2D eigenvalue weighted by atomic mass is 79.9. The van der Waals surface area contributed by atoms with Crippen molar-refractivity contribution in [2.24, 2.45) is 0 Å². The van der Waals surface area contributed by atoms with E-state index in [1.54, 1.807) is 0 Å². The van der Waals surface area contributed by atoms with Crippen molar-refractivity contribution in [1.29, 1.82) is 0 Å². The van der Waals surface area contributed by atoms with E-state index < -0.39 is 0 Å². The summed E-state index contributed by atoms with van der Waals surface area (Å²) in [6, 6.07) is 0.757. The molecule has 0 bridgehead atoms. The van der Waals surface area contributed by atoms with E-state index in [4.69, 9.17) is 4.74 Å². The van der Waals surface area contributed by atoms with Gasteiger partial charge in [-0.25, -0.2) is 0 Å². The van der Waals surface area contributed by atoms with Gasteiger partial charge in [-0.15, -0.1) is 0 Å². The zero-order chi connectivity index (χ0) is 11.1. The van der Waals surface area contributed by atoms with Crippen molar-refractivity contribution in [2.75, 3.05) is 25.0 Å². The van der Waals surface area contributed by atoms with Crippen molar-refractivity contribution >= 4 is 15.9 Å². The Labute approximate surface area is 102 Å². The molecule has 90 valence electrons. The van der Waals surface area contributed by atoms with Crippen LogP contribution in [0.15, 0.2) is 0 Å². The second-order valence-electron chi connectivity index (χ2n) is 4.43. The summed E-state index contributed by atoms with van der Waals surface area (Å²) in [4.78, 5) is 2.61. The Balaban J connectivity index is 2.17. The van der Waals surface area contributed by atoms with Gasteiger partial charge in [0.15, 0.2) is 0 Å². The number of hydrogen-bond donors (Lipinski definition) is 0. The molecule has 0 aromatic rings. The molecule has 0 spiro atoms. The van der Waals surface area contributed by atoms with Crippen LogP contribution in [-0.4, -0.2) is 42.1 Å². The van der Waals surface area contributed by atoms with E-state index in [1.165, 1.54) is 38.8 Å². The Bertz CT molecular complexity index is 158. The van der Waals surface area contributed by atoms with Crippen LogP contribution < -0.4 is 0 Å². The van der Waals surface area contributed by atoms with Crippen LogP contribution in [0.3, 0.4) is 0 Å². The third kappa shape index (κ3) is 4.83. The Morgan fingerprint density at radius 3 is 2.60 bits per heavy atom. The van der Waals surface area contributed by atoms with E-state index in [9.17, 15) is 0 Å². The van der Waals surface area contributed by atoms with Crippen LogP contribution in [0.25, 0.3) is 0 Å². The smallest absolute Gasteiger partial charge is 0.0599 e. The van der Waals surface area contributed by atoms with Gasteiger partial charge in [-0.05, 0) is 26.2 Å². The molecule has 3 heteroatoms. The minimum absolute atomic E-state index is 0.507. The molecule has 0 aliphatic carbocycles. The normalized spacial score (nSPS) is 21.8. The van der Waals surface area contributed by atoms with Crippen molar-refractivity contribution in [3.63, 3.8) is 0 Å². The summed E-state index contributed by atoms with van der Waals surface area (Å²) >= 11 is 3.40. The topological polar surface area (TPSA) is 12.5 Å². The average Bonchev–Trinajstić information content (AvgIpc) is 2.27. The lowest BCUT2D eigenvalue weighted by atomic mass is 10.0. The second-order valence-corrected chi connectivity index (χ2v) is 5.23. The van der Waals surface area contributed by atoms with Gasteiger partial charge in [-0.1, -0.05) is 29.3 Å². The number of piperidine rings is 1. The molecule has 1 aliphatic heterocycles. The number of alkyl halides is 1. The van der Waals surface area contributed by atoms with Crippen molar-refractivity contribution < 1.29 is 4.74 Å². The van der Waals surface area contributed by atoms with Gasteiger partial charge in [0.05, 0.1) is 12.7 Å². The lowest BCUT2D eigenvalue weighted by Gasteiger charge is -2.35. The van der Waals surface area contributed by atoms with E-state index in [2.05, 4.69) is 34.7 Å². The van der Waals surface area contributed by atoms with Crippen LogP contribution in [0.5, 0.6) is 0 Å². The summed E-state index contributed by atoms with van der Waals surface area (Å²) in [5.74, 6) is 0. The van der Waals surface area contributed by atoms with Crippen LogP contribution in [0, 0.1) is 0 Å². The van der Waals surface area contributed by atoms with Gasteiger partial charge in [0, 0.05) is 24.5 Å². The van der Waals surface area contributed by atoms with Crippen molar-refractivity contribution in [3.8, 4) is 0 Å². The Hall–Kier alpha value is 0.400. The van der Waals surface area contributed by atoms with E-state index in [0.29, 0.717) is 6.10 Å². The molecule has 0 aromatic heterocycles. The van der Waals surface area contributed by atoms with E-state index >= 15 is 0 Å². The Morgan fingerprint density at radius 2 is 2.07 bits per heavy atom. The molecule has 0 amide bonds. The van der Waals surface area contributed by atoms with Crippen LogP contribution in [0.2, 0.25) is 0 Å². The number of nitrogens with zero attached hydrogens (tertiary/aromatic N) is 1. The first kappa shape index (κ1) is 13.5. The molecule has 1 aliphatic rings.